The minimum absolute atomic E-state index is 0.146. The summed E-state index contributed by atoms with van der Waals surface area (Å²) in [5, 5.41) is 0. The highest BCUT2D eigenvalue weighted by molar-refractivity contribution is 5.83. The number of rotatable bonds is 4. The lowest BCUT2D eigenvalue weighted by Gasteiger charge is -2.15. The van der Waals surface area contributed by atoms with Gasteiger partial charge in [-0.15, -0.1) is 0 Å². The predicted octanol–water partition coefficient (Wildman–Crippen LogP) is 3.78. The monoisotopic (exact) mass is 278 g/mol. The molecule has 3 aromatic rings. The van der Waals surface area contributed by atoms with Crippen LogP contribution in [-0.2, 0) is 11.2 Å². The summed E-state index contributed by atoms with van der Waals surface area (Å²) in [6, 6.07) is 18.0. The lowest BCUT2D eigenvalue weighted by atomic mass is 10.1. The number of ketones is 1. The smallest absolute Gasteiger partial charge is 0.152 e. The Morgan fingerprint density at radius 3 is 2.48 bits per heavy atom. The molecule has 0 spiro atoms. The average molecular weight is 278 g/mol. The Morgan fingerprint density at radius 1 is 1.10 bits per heavy atom. The van der Waals surface area contributed by atoms with Crippen molar-refractivity contribution in [3.05, 3.63) is 66.0 Å². The van der Waals surface area contributed by atoms with Crippen LogP contribution < -0.4 is 0 Å². The van der Waals surface area contributed by atoms with E-state index in [0.29, 0.717) is 0 Å². The van der Waals surface area contributed by atoms with Gasteiger partial charge in [0.15, 0.2) is 5.78 Å². The molecule has 3 rings (SSSR count). The number of hydrogen-bond acceptors (Lipinski definition) is 2. The number of fused-ring (bicyclic) bond motifs is 1. The number of carbonyl (C=O) groups excluding carboxylic acids is 1. The van der Waals surface area contributed by atoms with E-state index in [1.165, 1.54) is 5.56 Å². The number of Topliss-reactive ketones (excluding diaryl/α,β-unsaturated/α-hetero) is 1. The van der Waals surface area contributed by atoms with Gasteiger partial charge in [-0.2, -0.15) is 0 Å². The highest BCUT2D eigenvalue weighted by Gasteiger charge is 2.18. The molecule has 1 heterocycles. The Hall–Kier alpha value is -2.42. The van der Waals surface area contributed by atoms with Gasteiger partial charge in [-0.25, -0.2) is 4.98 Å². The number of hydrogen-bond donors (Lipinski definition) is 0. The first kappa shape index (κ1) is 13.6. The maximum Gasteiger partial charge on any atom is 0.152 e. The Balaban J connectivity index is 2.12. The van der Waals surface area contributed by atoms with E-state index < -0.39 is 0 Å². The van der Waals surface area contributed by atoms with Crippen LogP contribution in [0.2, 0.25) is 0 Å². The van der Waals surface area contributed by atoms with E-state index >= 15 is 0 Å². The van der Waals surface area contributed by atoms with E-state index in [1.54, 1.807) is 6.92 Å². The molecular formula is C18H18N2O. The largest absolute Gasteiger partial charge is 0.317 e. The van der Waals surface area contributed by atoms with Gasteiger partial charge in [0.05, 0.1) is 17.1 Å². The fraction of sp³-hybridized carbons (Fsp3) is 0.222. The summed E-state index contributed by atoms with van der Waals surface area (Å²) in [5.74, 6) is 1.08. The topological polar surface area (TPSA) is 34.9 Å². The van der Waals surface area contributed by atoms with Crippen LogP contribution in [0.5, 0.6) is 0 Å². The van der Waals surface area contributed by atoms with Crippen molar-refractivity contribution in [1.29, 1.82) is 0 Å². The van der Waals surface area contributed by atoms with Crippen molar-refractivity contribution >= 4 is 16.8 Å². The van der Waals surface area contributed by atoms with Crippen LogP contribution in [0.3, 0.4) is 0 Å². The maximum absolute atomic E-state index is 11.8. The minimum Gasteiger partial charge on any atom is -0.317 e. The summed E-state index contributed by atoms with van der Waals surface area (Å²) in [5.41, 5.74) is 3.16. The van der Waals surface area contributed by atoms with Crippen LogP contribution in [0, 0.1) is 0 Å². The molecule has 2 aromatic carbocycles. The summed E-state index contributed by atoms with van der Waals surface area (Å²) in [7, 11) is 0. The molecule has 3 nitrogen and oxygen atoms in total. The zero-order chi connectivity index (χ0) is 14.8. The van der Waals surface area contributed by atoms with Gasteiger partial charge < -0.3 is 4.57 Å². The molecule has 0 fully saturated rings. The van der Waals surface area contributed by atoms with Crippen molar-refractivity contribution in [2.75, 3.05) is 0 Å². The number of carbonyl (C=O) groups is 1. The number of para-hydroxylation sites is 2. The maximum atomic E-state index is 11.8. The van der Waals surface area contributed by atoms with Crippen LogP contribution in [0.1, 0.15) is 31.3 Å². The fourth-order valence-electron chi connectivity index (χ4n) is 2.61. The predicted molar refractivity (Wildman–Crippen MR) is 84.4 cm³/mol. The number of imidazole rings is 1. The second kappa shape index (κ2) is 5.52. The van der Waals surface area contributed by atoms with Crippen molar-refractivity contribution in [2.45, 2.75) is 26.3 Å². The van der Waals surface area contributed by atoms with Gasteiger partial charge in [0.2, 0.25) is 0 Å². The van der Waals surface area contributed by atoms with E-state index in [4.69, 9.17) is 4.98 Å². The molecule has 3 heteroatoms. The third-order valence-electron chi connectivity index (χ3n) is 3.85. The molecule has 1 unspecified atom stereocenters. The van der Waals surface area contributed by atoms with Gasteiger partial charge in [0, 0.05) is 6.42 Å². The molecule has 0 saturated carbocycles. The number of nitrogens with zero attached hydrogens (tertiary/aromatic N) is 2. The lowest BCUT2D eigenvalue weighted by molar-refractivity contribution is -0.119. The highest BCUT2D eigenvalue weighted by Crippen LogP contribution is 2.23. The molecular weight excluding hydrogens is 260 g/mol. The Kier molecular flexibility index (Phi) is 3.57. The zero-order valence-electron chi connectivity index (χ0n) is 12.3. The van der Waals surface area contributed by atoms with Gasteiger partial charge in [-0.05, 0) is 31.5 Å². The quantitative estimate of drug-likeness (QED) is 0.728. The van der Waals surface area contributed by atoms with E-state index in [2.05, 4.69) is 16.7 Å². The van der Waals surface area contributed by atoms with Crippen LogP contribution >= 0.6 is 0 Å². The second-order valence-corrected chi connectivity index (χ2v) is 5.34. The highest BCUT2D eigenvalue weighted by atomic mass is 16.1. The molecule has 0 radical (unpaired) electrons. The van der Waals surface area contributed by atoms with Gasteiger partial charge in [-0.3, -0.25) is 4.79 Å². The number of benzene rings is 2. The van der Waals surface area contributed by atoms with Crippen molar-refractivity contribution in [1.82, 2.24) is 9.55 Å². The number of aromatic nitrogens is 2. The van der Waals surface area contributed by atoms with Crippen LogP contribution in [0.4, 0.5) is 0 Å². The first-order valence-electron chi connectivity index (χ1n) is 7.17. The summed E-state index contributed by atoms with van der Waals surface area (Å²) in [4.78, 5) is 16.6. The normalized spacial score (nSPS) is 12.5. The first-order valence-corrected chi connectivity index (χ1v) is 7.17. The van der Waals surface area contributed by atoms with Crippen molar-refractivity contribution in [3.8, 4) is 0 Å². The van der Waals surface area contributed by atoms with Crippen LogP contribution in [0.15, 0.2) is 54.6 Å². The molecule has 1 atom stereocenters. The third kappa shape index (κ3) is 2.59. The van der Waals surface area contributed by atoms with Gasteiger partial charge in [0.25, 0.3) is 0 Å². The molecule has 0 N–H and O–H groups in total. The molecule has 0 amide bonds. The van der Waals surface area contributed by atoms with E-state index in [1.807, 2.05) is 49.4 Å². The standard InChI is InChI=1S/C18H18N2O/c1-13(14(2)21)20-17-11-7-6-10-16(17)19-18(20)12-15-8-4-3-5-9-15/h3-11,13H,12H2,1-2H3. The van der Waals surface area contributed by atoms with Gasteiger partial charge in [0.1, 0.15) is 5.82 Å². The summed E-state index contributed by atoms with van der Waals surface area (Å²) in [6.45, 7) is 3.57. The Bertz CT molecular complexity index is 774. The summed E-state index contributed by atoms with van der Waals surface area (Å²) >= 11 is 0. The van der Waals surface area contributed by atoms with Gasteiger partial charge in [-0.1, -0.05) is 42.5 Å². The van der Waals surface area contributed by atoms with Crippen molar-refractivity contribution in [2.24, 2.45) is 0 Å². The lowest BCUT2D eigenvalue weighted by Crippen LogP contribution is -2.16. The molecule has 0 bridgehead atoms. The van der Waals surface area contributed by atoms with Crippen molar-refractivity contribution < 1.29 is 4.79 Å². The first-order chi connectivity index (χ1) is 10.2. The summed E-state index contributed by atoms with van der Waals surface area (Å²) in [6.07, 6.45) is 0.729. The van der Waals surface area contributed by atoms with E-state index in [9.17, 15) is 4.79 Å². The van der Waals surface area contributed by atoms with Crippen LogP contribution in [-0.4, -0.2) is 15.3 Å². The van der Waals surface area contributed by atoms with Gasteiger partial charge >= 0.3 is 0 Å². The molecule has 0 aliphatic heterocycles. The molecule has 0 saturated heterocycles. The average Bonchev–Trinajstić information content (AvgIpc) is 2.85. The SMILES string of the molecule is CC(=O)C(C)n1c(Cc2ccccc2)nc2ccccc21. The molecule has 0 aliphatic carbocycles. The Morgan fingerprint density at radius 2 is 1.76 bits per heavy atom. The molecule has 1 aromatic heterocycles. The third-order valence-corrected chi connectivity index (χ3v) is 3.85. The molecule has 21 heavy (non-hydrogen) atoms. The van der Waals surface area contributed by atoms with E-state index in [-0.39, 0.29) is 11.8 Å². The second-order valence-electron chi connectivity index (χ2n) is 5.34. The molecule has 0 aliphatic rings. The fourth-order valence-corrected chi connectivity index (χ4v) is 2.61. The zero-order valence-corrected chi connectivity index (χ0v) is 12.3. The van der Waals surface area contributed by atoms with E-state index in [0.717, 1.165) is 23.3 Å². The summed E-state index contributed by atoms with van der Waals surface area (Å²) < 4.78 is 2.06. The minimum atomic E-state index is -0.198. The van der Waals surface area contributed by atoms with Crippen molar-refractivity contribution in [3.63, 3.8) is 0 Å². The van der Waals surface area contributed by atoms with Crippen LogP contribution in [0.25, 0.3) is 11.0 Å². The Labute approximate surface area is 124 Å². The molecule has 106 valence electrons.